The molecule has 1 atom stereocenters. The molecule has 0 saturated heterocycles. The van der Waals surface area contributed by atoms with Crippen molar-refractivity contribution >= 4 is 40.4 Å². The van der Waals surface area contributed by atoms with Gasteiger partial charge < -0.3 is 4.74 Å². The van der Waals surface area contributed by atoms with Crippen molar-refractivity contribution in [2.24, 2.45) is 4.99 Å². The fourth-order valence-electron chi connectivity index (χ4n) is 3.90. The first-order valence-electron chi connectivity index (χ1n) is 10.6. The lowest BCUT2D eigenvalue weighted by molar-refractivity contribution is -0.138. The molecule has 5 nitrogen and oxygen atoms in total. The Morgan fingerprint density at radius 2 is 1.88 bits per heavy atom. The molecule has 1 aliphatic rings. The van der Waals surface area contributed by atoms with E-state index in [1.54, 1.807) is 19.1 Å². The molecule has 5 rings (SSSR count). The van der Waals surface area contributed by atoms with Crippen LogP contribution in [0.25, 0.3) is 11.8 Å². The van der Waals surface area contributed by atoms with Gasteiger partial charge in [-0.15, -0.1) is 11.3 Å². The molecular weight excluding hydrogens is 471 g/mol. The molecule has 0 aliphatic carbocycles. The zero-order valence-corrected chi connectivity index (χ0v) is 19.7. The minimum Gasteiger partial charge on any atom is -0.463 e. The van der Waals surface area contributed by atoms with Gasteiger partial charge in [0.1, 0.15) is 5.82 Å². The Morgan fingerprint density at radius 1 is 1.12 bits per heavy atom. The van der Waals surface area contributed by atoms with E-state index < -0.39 is 17.8 Å². The third-order valence-corrected chi connectivity index (χ3v) is 7.18. The Kier molecular flexibility index (Phi) is 6.08. The molecule has 4 aromatic rings. The highest BCUT2D eigenvalue weighted by Crippen LogP contribution is 2.35. The number of benzene rings is 2. The number of rotatable bonds is 5. The number of fused-ring (bicyclic) bond motifs is 1. The second-order valence-electron chi connectivity index (χ2n) is 7.50. The summed E-state index contributed by atoms with van der Waals surface area (Å²) in [7, 11) is 0. The van der Waals surface area contributed by atoms with Crippen LogP contribution in [0, 0.1) is 5.82 Å². The number of halogens is 1. The average molecular weight is 491 g/mol. The van der Waals surface area contributed by atoms with Crippen LogP contribution in [0.4, 0.5) is 4.39 Å². The monoisotopic (exact) mass is 490 g/mol. The minimum absolute atomic E-state index is 0.170. The van der Waals surface area contributed by atoms with E-state index in [-0.39, 0.29) is 17.7 Å². The first-order chi connectivity index (χ1) is 16.6. The molecule has 0 fully saturated rings. The van der Waals surface area contributed by atoms with Crippen molar-refractivity contribution in [2.45, 2.75) is 13.0 Å². The maximum atomic E-state index is 13.8. The molecule has 170 valence electrons. The number of carbonyl (C=O) groups excluding carboxylic acids is 1. The van der Waals surface area contributed by atoms with Gasteiger partial charge in [0.2, 0.25) is 0 Å². The Hall–Kier alpha value is -3.62. The molecule has 0 spiro atoms. The van der Waals surface area contributed by atoms with Crippen LogP contribution >= 0.6 is 22.7 Å². The summed E-state index contributed by atoms with van der Waals surface area (Å²) >= 11 is 2.79. The van der Waals surface area contributed by atoms with E-state index in [1.165, 1.54) is 39.4 Å². The van der Waals surface area contributed by atoms with E-state index in [1.807, 2.05) is 53.9 Å². The summed E-state index contributed by atoms with van der Waals surface area (Å²) in [5, 5.41) is 1.94. The Morgan fingerprint density at radius 3 is 2.56 bits per heavy atom. The normalized spacial score (nSPS) is 15.7. The summed E-state index contributed by atoms with van der Waals surface area (Å²) in [5.74, 6) is -0.967. The highest BCUT2D eigenvalue weighted by molar-refractivity contribution is 7.11. The molecule has 0 saturated carbocycles. The van der Waals surface area contributed by atoms with Crippen LogP contribution in [0.1, 0.15) is 29.0 Å². The summed E-state index contributed by atoms with van der Waals surface area (Å²) in [4.78, 5) is 33.1. The summed E-state index contributed by atoms with van der Waals surface area (Å²) in [6.45, 7) is 1.90. The molecule has 0 amide bonds. The standard InChI is InChI=1S/C26H19FN2O3S2/c1-2-32-25(31)21-22(16-7-4-3-5-8-16)28-26-29(23(21)17-10-12-18(27)13-11-17)24(30)20(34-26)15-19-9-6-14-33-19/h3-15,23H,2H2,1H3/b20-15-/t23-/m1/s1. The quantitative estimate of drug-likeness (QED) is 0.395. The van der Waals surface area contributed by atoms with Crippen molar-refractivity contribution in [1.82, 2.24) is 4.57 Å². The Bertz CT molecular complexity index is 1550. The fraction of sp³-hybridized carbons (Fsp3) is 0.115. The van der Waals surface area contributed by atoms with Crippen molar-refractivity contribution in [1.29, 1.82) is 0 Å². The number of hydrogen-bond acceptors (Lipinski definition) is 6. The van der Waals surface area contributed by atoms with E-state index in [4.69, 9.17) is 9.73 Å². The van der Waals surface area contributed by atoms with Gasteiger partial charge >= 0.3 is 5.97 Å². The van der Waals surface area contributed by atoms with Crippen LogP contribution in [-0.4, -0.2) is 17.1 Å². The topological polar surface area (TPSA) is 60.7 Å². The fourth-order valence-corrected chi connectivity index (χ4v) is 5.63. The zero-order valence-electron chi connectivity index (χ0n) is 18.1. The molecule has 8 heteroatoms. The molecule has 2 aromatic carbocycles. The first-order valence-corrected chi connectivity index (χ1v) is 12.3. The van der Waals surface area contributed by atoms with Crippen molar-refractivity contribution < 1.29 is 13.9 Å². The second-order valence-corrected chi connectivity index (χ2v) is 9.49. The maximum absolute atomic E-state index is 13.8. The molecular formula is C26H19FN2O3S2. The van der Waals surface area contributed by atoms with Crippen molar-refractivity contribution in [3.8, 4) is 0 Å². The number of ether oxygens (including phenoxy) is 1. The van der Waals surface area contributed by atoms with Crippen LogP contribution in [0.3, 0.4) is 0 Å². The van der Waals surface area contributed by atoms with Gasteiger partial charge in [0, 0.05) is 10.4 Å². The molecule has 0 unspecified atom stereocenters. The van der Waals surface area contributed by atoms with Gasteiger partial charge in [-0.05, 0) is 42.1 Å². The predicted molar refractivity (Wildman–Crippen MR) is 132 cm³/mol. The minimum atomic E-state index is -0.809. The first kappa shape index (κ1) is 22.2. The van der Waals surface area contributed by atoms with E-state index in [0.717, 1.165) is 10.4 Å². The highest BCUT2D eigenvalue weighted by atomic mass is 32.1. The van der Waals surface area contributed by atoms with Gasteiger partial charge in [0.15, 0.2) is 4.80 Å². The number of esters is 1. The number of hydrogen-bond donors (Lipinski definition) is 0. The smallest absolute Gasteiger partial charge is 0.338 e. The van der Waals surface area contributed by atoms with Crippen LogP contribution < -0.4 is 14.9 Å². The highest BCUT2D eigenvalue weighted by Gasteiger charge is 2.35. The Labute approximate surface area is 202 Å². The van der Waals surface area contributed by atoms with Crippen molar-refractivity contribution in [3.05, 3.63) is 119 Å². The van der Waals surface area contributed by atoms with Crippen LogP contribution in [0.5, 0.6) is 0 Å². The van der Waals surface area contributed by atoms with Crippen molar-refractivity contribution in [3.63, 3.8) is 0 Å². The van der Waals surface area contributed by atoms with Gasteiger partial charge in [-0.3, -0.25) is 9.36 Å². The number of thiophene rings is 1. The summed E-state index contributed by atoms with van der Waals surface area (Å²) < 4.78 is 21.2. The number of carbonyl (C=O) groups is 1. The Balaban J connectivity index is 1.84. The maximum Gasteiger partial charge on any atom is 0.338 e. The molecule has 1 aliphatic heterocycles. The molecule has 0 radical (unpaired) electrons. The van der Waals surface area contributed by atoms with E-state index in [2.05, 4.69) is 0 Å². The molecule has 34 heavy (non-hydrogen) atoms. The van der Waals surface area contributed by atoms with E-state index >= 15 is 0 Å². The lowest BCUT2D eigenvalue weighted by atomic mass is 9.93. The third-order valence-electron chi connectivity index (χ3n) is 5.38. The van der Waals surface area contributed by atoms with Crippen LogP contribution in [0.15, 0.2) is 87.5 Å². The van der Waals surface area contributed by atoms with Gasteiger partial charge in [0.05, 0.1) is 28.5 Å². The summed E-state index contributed by atoms with van der Waals surface area (Å²) in [6.07, 6.45) is 1.83. The third kappa shape index (κ3) is 4.06. The van der Waals surface area contributed by atoms with Crippen LogP contribution in [0.2, 0.25) is 0 Å². The number of thiazole rings is 1. The van der Waals surface area contributed by atoms with Gasteiger partial charge in [-0.25, -0.2) is 14.2 Å². The van der Waals surface area contributed by atoms with Crippen LogP contribution in [-0.2, 0) is 9.53 Å². The van der Waals surface area contributed by atoms with E-state index in [9.17, 15) is 14.0 Å². The average Bonchev–Trinajstić information content (AvgIpc) is 3.47. The number of nitrogens with zero attached hydrogens (tertiary/aromatic N) is 2. The van der Waals surface area contributed by atoms with Crippen molar-refractivity contribution in [2.75, 3.05) is 6.61 Å². The molecule has 3 heterocycles. The molecule has 0 N–H and O–H groups in total. The second kappa shape index (κ2) is 9.32. The number of aromatic nitrogens is 1. The lowest BCUT2D eigenvalue weighted by Gasteiger charge is -2.25. The van der Waals surface area contributed by atoms with Gasteiger partial charge in [-0.1, -0.05) is 59.9 Å². The van der Waals surface area contributed by atoms with Gasteiger partial charge in [-0.2, -0.15) is 0 Å². The van der Waals surface area contributed by atoms with E-state index in [0.29, 0.717) is 20.6 Å². The SMILES string of the molecule is CCOC(=O)C1=C(c2ccccc2)N=c2s/c(=C\c3cccs3)c(=O)n2[C@@H]1c1ccc(F)cc1. The summed E-state index contributed by atoms with van der Waals surface area (Å²) in [5.41, 5.74) is 1.75. The largest absolute Gasteiger partial charge is 0.463 e. The molecule has 0 bridgehead atoms. The summed E-state index contributed by atoms with van der Waals surface area (Å²) in [6, 6.07) is 18.2. The predicted octanol–water partition coefficient (Wildman–Crippen LogP) is 4.14. The van der Waals surface area contributed by atoms with Gasteiger partial charge in [0.25, 0.3) is 5.56 Å². The lowest BCUT2D eigenvalue weighted by Crippen LogP contribution is -2.40. The zero-order chi connectivity index (χ0) is 23.7. The molecule has 2 aromatic heterocycles.